The number of piperidine rings is 1. The molecule has 0 spiro atoms. The number of carbonyl (C=O) groups excluding carboxylic acids is 2. The molecular weight excluding hydrogens is 340 g/mol. The highest BCUT2D eigenvalue weighted by Crippen LogP contribution is 2.21. The molecule has 27 heavy (non-hydrogen) atoms. The predicted octanol–water partition coefficient (Wildman–Crippen LogP) is 2.38. The summed E-state index contributed by atoms with van der Waals surface area (Å²) in [5.41, 5.74) is 7.29. The topological polar surface area (TPSA) is 78.7 Å². The van der Waals surface area contributed by atoms with Crippen LogP contribution < -0.4 is 16.0 Å². The van der Waals surface area contributed by atoms with E-state index >= 15 is 0 Å². The normalized spacial score (nSPS) is 16.9. The fraction of sp³-hybridized carbons (Fsp3) is 0.619. The molecule has 150 valence electrons. The van der Waals surface area contributed by atoms with Crippen molar-refractivity contribution in [1.82, 2.24) is 10.2 Å². The van der Waals surface area contributed by atoms with Crippen LogP contribution in [0.3, 0.4) is 0 Å². The first-order valence-corrected chi connectivity index (χ1v) is 10.2. The highest BCUT2D eigenvalue weighted by Gasteiger charge is 2.27. The van der Waals surface area contributed by atoms with Gasteiger partial charge in [-0.15, -0.1) is 0 Å². The van der Waals surface area contributed by atoms with E-state index in [-0.39, 0.29) is 17.9 Å². The van der Waals surface area contributed by atoms with E-state index in [1.54, 1.807) is 0 Å². The van der Waals surface area contributed by atoms with Gasteiger partial charge >= 0.3 is 0 Å². The van der Waals surface area contributed by atoms with E-state index in [1.807, 2.05) is 29.2 Å². The molecule has 1 unspecified atom stereocenters. The molecule has 0 saturated carbocycles. The molecule has 0 bridgehead atoms. The molecule has 1 fully saturated rings. The Labute approximate surface area is 163 Å². The van der Waals surface area contributed by atoms with Crippen molar-refractivity contribution in [3.63, 3.8) is 0 Å². The number of nitrogens with one attached hydrogen (secondary N) is 1. The van der Waals surface area contributed by atoms with Crippen LogP contribution in [0, 0.1) is 0 Å². The van der Waals surface area contributed by atoms with Gasteiger partial charge in [0.05, 0.1) is 0 Å². The minimum Gasteiger partial charge on any atom is -0.372 e. The van der Waals surface area contributed by atoms with Gasteiger partial charge in [0.15, 0.2) is 0 Å². The van der Waals surface area contributed by atoms with Crippen LogP contribution in [-0.4, -0.2) is 55.5 Å². The van der Waals surface area contributed by atoms with Gasteiger partial charge in [-0.25, -0.2) is 0 Å². The standard InChI is InChI=1S/C21H34N4O2/c1-3-14-24(4-2)18-10-8-17(9-11-18)21(27)25-15-6-5-7-19(25)16-23-20(26)12-13-22/h8-11,19H,3-7,12-16,22H2,1-2H3,(H,23,26). The molecule has 1 aromatic carbocycles. The average molecular weight is 375 g/mol. The minimum absolute atomic E-state index is 0.0459. The Bertz CT molecular complexity index is 603. The van der Waals surface area contributed by atoms with Gasteiger partial charge < -0.3 is 20.9 Å². The number of hydrogen-bond acceptors (Lipinski definition) is 4. The number of likely N-dealkylation sites (tertiary alicyclic amines) is 1. The Balaban J connectivity index is 2.03. The van der Waals surface area contributed by atoms with Crippen molar-refractivity contribution in [3.05, 3.63) is 29.8 Å². The lowest BCUT2D eigenvalue weighted by Gasteiger charge is -2.36. The third-order valence-corrected chi connectivity index (χ3v) is 5.15. The van der Waals surface area contributed by atoms with Crippen LogP contribution >= 0.6 is 0 Å². The zero-order valence-corrected chi connectivity index (χ0v) is 16.7. The molecule has 2 rings (SSSR count). The van der Waals surface area contributed by atoms with E-state index in [0.717, 1.165) is 51.0 Å². The quantitative estimate of drug-likeness (QED) is 0.696. The molecule has 0 aromatic heterocycles. The van der Waals surface area contributed by atoms with Crippen molar-refractivity contribution < 1.29 is 9.59 Å². The molecule has 0 aliphatic carbocycles. The number of nitrogens with two attached hydrogens (primary N) is 1. The van der Waals surface area contributed by atoms with Crippen LogP contribution in [0.25, 0.3) is 0 Å². The lowest BCUT2D eigenvalue weighted by Crippen LogP contribution is -2.49. The maximum absolute atomic E-state index is 13.0. The van der Waals surface area contributed by atoms with Crippen LogP contribution in [0.1, 0.15) is 56.3 Å². The number of nitrogens with zero attached hydrogens (tertiary/aromatic N) is 2. The van der Waals surface area contributed by atoms with Crippen molar-refractivity contribution in [3.8, 4) is 0 Å². The van der Waals surface area contributed by atoms with Crippen molar-refractivity contribution in [2.45, 2.75) is 52.0 Å². The second kappa shape index (κ2) is 10.9. The molecule has 1 aliphatic rings. The van der Waals surface area contributed by atoms with Crippen molar-refractivity contribution in [2.24, 2.45) is 5.73 Å². The van der Waals surface area contributed by atoms with Crippen LogP contribution in [0.5, 0.6) is 0 Å². The van der Waals surface area contributed by atoms with Crippen molar-refractivity contribution >= 4 is 17.5 Å². The summed E-state index contributed by atoms with van der Waals surface area (Å²) in [7, 11) is 0. The van der Waals surface area contributed by atoms with Gasteiger partial charge in [0.2, 0.25) is 5.91 Å². The Morgan fingerprint density at radius 2 is 1.96 bits per heavy atom. The molecule has 3 N–H and O–H groups in total. The zero-order chi connectivity index (χ0) is 19.6. The SMILES string of the molecule is CCCN(CC)c1ccc(C(=O)N2CCCCC2CNC(=O)CCN)cc1. The fourth-order valence-corrected chi connectivity index (χ4v) is 3.65. The lowest BCUT2D eigenvalue weighted by molar-refractivity contribution is -0.121. The summed E-state index contributed by atoms with van der Waals surface area (Å²) in [6.07, 6.45) is 4.44. The summed E-state index contributed by atoms with van der Waals surface area (Å²) in [5.74, 6) is 0.00766. The first kappa shape index (κ1) is 21.2. The van der Waals surface area contributed by atoms with Gasteiger partial charge in [-0.2, -0.15) is 0 Å². The van der Waals surface area contributed by atoms with Crippen molar-refractivity contribution in [2.75, 3.05) is 37.6 Å². The van der Waals surface area contributed by atoms with Crippen LogP contribution in [-0.2, 0) is 4.79 Å². The number of amides is 2. The summed E-state index contributed by atoms with van der Waals surface area (Å²) in [6, 6.07) is 7.98. The van der Waals surface area contributed by atoms with E-state index < -0.39 is 0 Å². The molecule has 1 atom stereocenters. The Kier molecular flexibility index (Phi) is 8.58. The van der Waals surface area contributed by atoms with Gasteiger partial charge in [0.1, 0.15) is 0 Å². The third-order valence-electron chi connectivity index (χ3n) is 5.15. The van der Waals surface area contributed by atoms with E-state index in [0.29, 0.717) is 25.1 Å². The van der Waals surface area contributed by atoms with Crippen LogP contribution in [0.15, 0.2) is 24.3 Å². The van der Waals surface area contributed by atoms with Crippen molar-refractivity contribution in [1.29, 1.82) is 0 Å². The minimum atomic E-state index is -0.0459. The zero-order valence-electron chi connectivity index (χ0n) is 16.7. The van der Waals surface area contributed by atoms with Crippen LogP contribution in [0.4, 0.5) is 5.69 Å². The monoisotopic (exact) mass is 374 g/mol. The number of benzene rings is 1. The molecule has 1 aromatic rings. The average Bonchev–Trinajstić information content (AvgIpc) is 2.70. The van der Waals surface area contributed by atoms with E-state index in [2.05, 4.69) is 24.1 Å². The maximum Gasteiger partial charge on any atom is 0.254 e. The maximum atomic E-state index is 13.0. The van der Waals surface area contributed by atoms with Gasteiger partial charge in [-0.05, 0) is 56.9 Å². The summed E-state index contributed by atoms with van der Waals surface area (Å²) in [5, 5.41) is 2.92. The van der Waals surface area contributed by atoms with E-state index in [1.165, 1.54) is 0 Å². The van der Waals surface area contributed by atoms with E-state index in [9.17, 15) is 9.59 Å². The van der Waals surface area contributed by atoms with E-state index in [4.69, 9.17) is 5.73 Å². The van der Waals surface area contributed by atoms with Gasteiger partial charge in [0, 0.05) is 56.4 Å². The van der Waals surface area contributed by atoms with Crippen LogP contribution in [0.2, 0.25) is 0 Å². The second-order valence-electron chi connectivity index (χ2n) is 7.12. The number of carbonyl (C=O) groups is 2. The molecule has 2 amide bonds. The molecule has 1 saturated heterocycles. The first-order valence-electron chi connectivity index (χ1n) is 10.2. The highest BCUT2D eigenvalue weighted by molar-refractivity contribution is 5.95. The Hall–Kier alpha value is -2.08. The third kappa shape index (κ3) is 5.96. The summed E-state index contributed by atoms with van der Waals surface area (Å²) < 4.78 is 0. The predicted molar refractivity (Wildman–Crippen MR) is 110 cm³/mol. The first-order chi connectivity index (χ1) is 13.1. The number of hydrogen-bond donors (Lipinski definition) is 2. The number of anilines is 1. The Morgan fingerprint density at radius 3 is 2.59 bits per heavy atom. The second-order valence-corrected chi connectivity index (χ2v) is 7.12. The fourth-order valence-electron chi connectivity index (χ4n) is 3.65. The molecule has 6 nitrogen and oxygen atoms in total. The molecular formula is C21H34N4O2. The highest BCUT2D eigenvalue weighted by atomic mass is 16.2. The van der Waals surface area contributed by atoms with Gasteiger partial charge in [-0.1, -0.05) is 6.92 Å². The summed E-state index contributed by atoms with van der Waals surface area (Å²) in [6.45, 7) is 7.88. The Morgan fingerprint density at radius 1 is 1.22 bits per heavy atom. The van der Waals surface area contributed by atoms with Gasteiger partial charge in [0.25, 0.3) is 5.91 Å². The molecule has 6 heteroatoms. The smallest absolute Gasteiger partial charge is 0.254 e. The number of rotatable bonds is 9. The largest absolute Gasteiger partial charge is 0.372 e. The lowest BCUT2D eigenvalue weighted by atomic mass is 10.0. The van der Waals surface area contributed by atoms with Gasteiger partial charge in [-0.3, -0.25) is 9.59 Å². The summed E-state index contributed by atoms with van der Waals surface area (Å²) in [4.78, 5) is 29.0. The molecule has 0 radical (unpaired) electrons. The summed E-state index contributed by atoms with van der Waals surface area (Å²) >= 11 is 0. The molecule has 1 heterocycles. The molecule has 1 aliphatic heterocycles.